The van der Waals surface area contributed by atoms with Gasteiger partial charge in [-0.3, -0.25) is 4.79 Å². The summed E-state index contributed by atoms with van der Waals surface area (Å²) in [6.07, 6.45) is 0. The van der Waals surface area contributed by atoms with Crippen molar-refractivity contribution in [2.45, 2.75) is 26.2 Å². The van der Waals surface area contributed by atoms with Crippen molar-refractivity contribution in [2.24, 2.45) is 0 Å². The van der Waals surface area contributed by atoms with Crippen molar-refractivity contribution in [3.8, 4) is 17.2 Å². The van der Waals surface area contributed by atoms with Gasteiger partial charge in [-0.15, -0.1) is 5.10 Å². The number of nitrogens with zero attached hydrogens (tertiary/aromatic N) is 3. The lowest BCUT2D eigenvalue weighted by Crippen LogP contribution is -2.37. The van der Waals surface area contributed by atoms with Crippen LogP contribution in [-0.2, 0) is 5.41 Å². The number of hydrogen-bond acceptors (Lipinski definition) is 5. The van der Waals surface area contributed by atoms with Gasteiger partial charge in [-0.25, -0.2) is 14.1 Å². The third-order valence-electron chi connectivity index (χ3n) is 5.06. The lowest BCUT2D eigenvalue weighted by atomic mass is 9.84. The minimum atomic E-state index is -0.371. The van der Waals surface area contributed by atoms with Gasteiger partial charge in [-0.05, 0) is 48.9 Å². The number of ether oxygens (including phenoxy) is 2. The second kappa shape index (κ2) is 7.78. The maximum absolute atomic E-state index is 13.2. The molecule has 1 aliphatic heterocycles. The van der Waals surface area contributed by atoms with Crippen LogP contribution in [0.1, 0.15) is 35.9 Å². The van der Waals surface area contributed by atoms with Gasteiger partial charge in [-0.1, -0.05) is 19.9 Å². The highest BCUT2D eigenvalue weighted by Gasteiger charge is 2.25. The number of rotatable bonds is 5. The van der Waals surface area contributed by atoms with E-state index in [-0.39, 0.29) is 23.0 Å². The molecule has 2 aromatic carbocycles. The van der Waals surface area contributed by atoms with Crippen LogP contribution in [0, 0.1) is 12.7 Å². The van der Waals surface area contributed by atoms with Crippen LogP contribution in [0.2, 0.25) is 0 Å². The number of benzene rings is 2. The van der Waals surface area contributed by atoms with Crippen LogP contribution in [0.5, 0.6) is 11.5 Å². The Bertz CT molecular complexity index is 1080. The van der Waals surface area contributed by atoms with Crippen LogP contribution in [-0.4, -0.2) is 40.4 Å². The first-order chi connectivity index (χ1) is 14.3. The number of halogens is 1. The molecule has 156 valence electrons. The molecule has 0 bridgehead atoms. The fourth-order valence-corrected chi connectivity index (χ4v) is 3.26. The molecule has 0 radical (unpaired) electrons. The summed E-state index contributed by atoms with van der Waals surface area (Å²) in [7, 11) is 0. The van der Waals surface area contributed by atoms with Crippen molar-refractivity contribution in [3.63, 3.8) is 0 Å². The molecular weight excluding hydrogens is 387 g/mol. The molecule has 0 fully saturated rings. The zero-order valence-electron chi connectivity index (χ0n) is 17.1. The topological polar surface area (TPSA) is 78.3 Å². The van der Waals surface area contributed by atoms with Crippen LogP contribution >= 0.6 is 0 Å². The highest BCUT2D eigenvalue weighted by molar-refractivity contribution is 5.90. The molecule has 7 nitrogen and oxygen atoms in total. The molecule has 0 aliphatic carbocycles. The van der Waals surface area contributed by atoms with Gasteiger partial charge >= 0.3 is 0 Å². The summed E-state index contributed by atoms with van der Waals surface area (Å²) in [5.74, 6) is 1.34. The maximum Gasteiger partial charge on any atom is 0.291 e. The van der Waals surface area contributed by atoms with E-state index in [0.29, 0.717) is 37.0 Å². The second-order valence-corrected chi connectivity index (χ2v) is 7.80. The summed E-state index contributed by atoms with van der Waals surface area (Å²) in [5, 5.41) is 7.18. The Kier molecular flexibility index (Phi) is 5.15. The first-order valence-electron chi connectivity index (χ1n) is 9.71. The van der Waals surface area contributed by atoms with Crippen molar-refractivity contribution in [2.75, 3.05) is 19.8 Å². The first kappa shape index (κ1) is 19.9. The molecule has 8 heteroatoms. The number of amides is 1. The zero-order valence-corrected chi connectivity index (χ0v) is 17.1. The number of hydrogen-bond donors (Lipinski definition) is 1. The number of aryl methyl sites for hydroxylation is 1. The Morgan fingerprint density at radius 1 is 1.13 bits per heavy atom. The lowest BCUT2D eigenvalue weighted by molar-refractivity contribution is 0.0935. The molecular formula is C22H23FN4O3. The number of fused-ring (bicyclic) bond motifs is 1. The van der Waals surface area contributed by atoms with E-state index in [0.717, 1.165) is 11.3 Å². The molecule has 1 aliphatic rings. The fraction of sp³-hybridized carbons (Fsp3) is 0.318. The number of aromatic nitrogens is 3. The minimum Gasteiger partial charge on any atom is -0.486 e. The fourth-order valence-electron chi connectivity index (χ4n) is 3.26. The summed E-state index contributed by atoms with van der Waals surface area (Å²) in [6, 6.07) is 11.7. The third kappa shape index (κ3) is 3.98. The van der Waals surface area contributed by atoms with Gasteiger partial charge in [0.25, 0.3) is 5.91 Å². The van der Waals surface area contributed by atoms with E-state index >= 15 is 0 Å². The van der Waals surface area contributed by atoms with E-state index in [1.807, 2.05) is 32.0 Å². The average molecular weight is 410 g/mol. The molecule has 1 N–H and O–H groups in total. The number of nitrogens with one attached hydrogen (secondary N) is 1. The zero-order chi connectivity index (χ0) is 21.3. The van der Waals surface area contributed by atoms with E-state index in [4.69, 9.17) is 9.47 Å². The van der Waals surface area contributed by atoms with Crippen LogP contribution in [0.15, 0.2) is 42.5 Å². The van der Waals surface area contributed by atoms with E-state index in [1.54, 1.807) is 19.1 Å². The van der Waals surface area contributed by atoms with Crippen molar-refractivity contribution in [3.05, 3.63) is 65.5 Å². The highest BCUT2D eigenvalue weighted by Crippen LogP contribution is 2.34. The Morgan fingerprint density at radius 3 is 2.57 bits per heavy atom. The van der Waals surface area contributed by atoms with Gasteiger partial charge in [-0.2, -0.15) is 0 Å². The highest BCUT2D eigenvalue weighted by atomic mass is 19.1. The lowest BCUT2D eigenvalue weighted by Gasteiger charge is -2.27. The van der Waals surface area contributed by atoms with Crippen LogP contribution in [0.25, 0.3) is 5.69 Å². The SMILES string of the molecule is Cc1nc(C(=O)NCC(C)(C)c2ccc3c(c2)OCCO3)nn1-c1ccc(F)cc1. The number of carbonyl (C=O) groups is 1. The molecule has 1 aromatic heterocycles. The Labute approximate surface area is 173 Å². The molecule has 0 unspecified atom stereocenters. The summed E-state index contributed by atoms with van der Waals surface area (Å²) in [4.78, 5) is 16.9. The van der Waals surface area contributed by atoms with Gasteiger partial charge < -0.3 is 14.8 Å². The Balaban J connectivity index is 1.46. The smallest absolute Gasteiger partial charge is 0.291 e. The summed E-state index contributed by atoms with van der Waals surface area (Å²) in [5.41, 5.74) is 1.31. The van der Waals surface area contributed by atoms with E-state index < -0.39 is 0 Å². The third-order valence-corrected chi connectivity index (χ3v) is 5.06. The van der Waals surface area contributed by atoms with Gasteiger partial charge in [0.05, 0.1) is 5.69 Å². The molecule has 4 rings (SSSR count). The summed E-state index contributed by atoms with van der Waals surface area (Å²) >= 11 is 0. The van der Waals surface area contributed by atoms with Crippen molar-refractivity contribution in [1.82, 2.24) is 20.1 Å². The molecule has 0 spiro atoms. The quantitative estimate of drug-likeness (QED) is 0.699. The predicted molar refractivity (Wildman–Crippen MR) is 109 cm³/mol. The van der Waals surface area contributed by atoms with E-state index in [1.165, 1.54) is 16.8 Å². The van der Waals surface area contributed by atoms with Gasteiger partial charge in [0.2, 0.25) is 5.82 Å². The second-order valence-electron chi connectivity index (χ2n) is 7.80. The molecule has 1 amide bonds. The first-order valence-corrected chi connectivity index (χ1v) is 9.71. The van der Waals surface area contributed by atoms with E-state index in [9.17, 15) is 9.18 Å². The van der Waals surface area contributed by atoms with Crippen LogP contribution in [0.3, 0.4) is 0 Å². The van der Waals surface area contributed by atoms with Gasteiger partial charge in [0.1, 0.15) is 24.9 Å². The molecule has 0 atom stereocenters. The molecule has 3 aromatic rings. The maximum atomic E-state index is 13.2. The number of carbonyl (C=O) groups excluding carboxylic acids is 1. The average Bonchev–Trinajstić information content (AvgIpc) is 3.14. The normalized spacial score (nSPS) is 13.2. The monoisotopic (exact) mass is 410 g/mol. The molecule has 0 saturated heterocycles. The van der Waals surface area contributed by atoms with Crippen molar-refractivity contribution in [1.29, 1.82) is 0 Å². The summed E-state index contributed by atoms with van der Waals surface area (Å²) in [6.45, 7) is 7.27. The van der Waals surface area contributed by atoms with Gasteiger partial charge in [0.15, 0.2) is 11.5 Å². The van der Waals surface area contributed by atoms with Crippen LogP contribution < -0.4 is 14.8 Å². The Hall–Kier alpha value is -3.42. The van der Waals surface area contributed by atoms with Gasteiger partial charge in [0, 0.05) is 12.0 Å². The molecule has 0 saturated carbocycles. The molecule has 2 heterocycles. The standard InChI is InChI=1S/C22H23FN4O3/c1-14-25-20(26-27(14)17-7-5-16(23)6-8-17)21(28)24-13-22(2,3)15-4-9-18-19(12-15)30-11-10-29-18/h4-9,12H,10-11,13H2,1-3H3,(H,24,28). The molecule has 30 heavy (non-hydrogen) atoms. The predicted octanol–water partition coefficient (Wildman–Crippen LogP) is 3.19. The largest absolute Gasteiger partial charge is 0.486 e. The van der Waals surface area contributed by atoms with E-state index in [2.05, 4.69) is 15.4 Å². The Morgan fingerprint density at radius 2 is 1.83 bits per heavy atom. The summed E-state index contributed by atoms with van der Waals surface area (Å²) < 4.78 is 25.9. The van der Waals surface area contributed by atoms with Crippen LogP contribution in [0.4, 0.5) is 4.39 Å². The van der Waals surface area contributed by atoms with Crippen molar-refractivity contribution < 1.29 is 18.7 Å². The minimum absolute atomic E-state index is 0.0646. The van der Waals surface area contributed by atoms with Crippen molar-refractivity contribution >= 4 is 5.91 Å².